The number of carbonyl (C=O) groups excluding carboxylic acids is 1. The van der Waals surface area contributed by atoms with Gasteiger partial charge in [-0.1, -0.05) is 0 Å². The molecule has 0 fully saturated rings. The monoisotopic (exact) mass is 288 g/mol. The zero-order chi connectivity index (χ0) is 15.5. The molecule has 2 rings (SSSR count). The van der Waals surface area contributed by atoms with E-state index in [1.165, 1.54) is 31.0 Å². The van der Waals surface area contributed by atoms with Gasteiger partial charge >= 0.3 is 6.09 Å². The third kappa shape index (κ3) is 6.22. The zero-order valence-corrected chi connectivity index (χ0v) is 10.4. The SMILES string of the molecule is O=C(O)Nc1ncccn1.[N-]=[N+]=NC(=O)c1cnccn1. The van der Waals surface area contributed by atoms with Gasteiger partial charge in [0.1, 0.15) is 5.69 Å². The summed E-state index contributed by atoms with van der Waals surface area (Å²) in [5.41, 5.74) is 7.93. The number of amides is 2. The van der Waals surface area contributed by atoms with Crippen LogP contribution in [0.4, 0.5) is 10.7 Å². The van der Waals surface area contributed by atoms with Gasteiger partial charge in [-0.15, -0.1) is 0 Å². The van der Waals surface area contributed by atoms with E-state index in [1.54, 1.807) is 6.07 Å². The molecule has 2 N–H and O–H groups in total. The fourth-order valence-corrected chi connectivity index (χ4v) is 0.961. The van der Waals surface area contributed by atoms with E-state index in [1.807, 2.05) is 5.32 Å². The van der Waals surface area contributed by atoms with Crippen molar-refractivity contribution in [1.29, 1.82) is 0 Å². The summed E-state index contributed by atoms with van der Waals surface area (Å²) in [7, 11) is 0. The van der Waals surface area contributed by atoms with Crippen molar-refractivity contribution in [1.82, 2.24) is 19.9 Å². The van der Waals surface area contributed by atoms with Crippen molar-refractivity contribution in [2.45, 2.75) is 0 Å². The fourth-order valence-electron chi connectivity index (χ4n) is 0.961. The number of aromatic nitrogens is 4. The van der Waals surface area contributed by atoms with Crippen LogP contribution in [0.15, 0.2) is 42.2 Å². The summed E-state index contributed by atoms with van der Waals surface area (Å²) in [5.74, 6) is -0.629. The first-order chi connectivity index (χ1) is 10.1. The number of hydrogen-bond donors (Lipinski definition) is 2. The second kappa shape index (κ2) is 8.50. The third-order valence-electron chi connectivity index (χ3n) is 1.70. The largest absolute Gasteiger partial charge is 0.465 e. The van der Waals surface area contributed by atoms with E-state index in [2.05, 4.69) is 30.0 Å². The Balaban J connectivity index is 0.000000211. The van der Waals surface area contributed by atoms with Gasteiger partial charge < -0.3 is 5.11 Å². The van der Waals surface area contributed by atoms with Crippen molar-refractivity contribution in [2.75, 3.05) is 5.32 Å². The third-order valence-corrected chi connectivity index (χ3v) is 1.70. The minimum absolute atomic E-state index is 0.0466. The highest BCUT2D eigenvalue weighted by atomic mass is 16.4. The van der Waals surface area contributed by atoms with Crippen LogP contribution >= 0.6 is 0 Å². The molecule has 0 atom stereocenters. The summed E-state index contributed by atoms with van der Waals surface area (Å²) >= 11 is 0. The molecule has 0 saturated heterocycles. The Kier molecular flexibility index (Phi) is 6.26. The summed E-state index contributed by atoms with van der Waals surface area (Å²) in [5, 5.41) is 13.0. The summed E-state index contributed by atoms with van der Waals surface area (Å²) in [4.78, 5) is 37.5. The normalized spacial score (nSPS) is 8.57. The second-order valence-electron chi connectivity index (χ2n) is 3.09. The molecule has 0 aliphatic rings. The molecule has 11 heteroatoms. The molecule has 0 aliphatic carbocycles. The number of rotatable bonds is 2. The molecule has 0 saturated carbocycles. The lowest BCUT2D eigenvalue weighted by molar-refractivity contribution is 0.0995. The molecule has 2 aromatic rings. The van der Waals surface area contributed by atoms with E-state index < -0.39 is 12.0 Å². The molecule has 0 spiro atoms. The lowest BCUT2D eigenvalue weighted by Crippen LogP contribution is -2.09. The van der Waals surface area contributed by atoms with Gasteiger partial charge in [-0.05, 0) is 16.7 Å². The van der Waals surface area contributed by atoms with Crippen LogP contribution in [0, 0.1) is 0 Å². The number of carbonyl (C=O) groups is 2. The molecule has 11 nitrogen and oxygen atoms in total. The first-order valence-electron chi connectivity index (χ1n) is 5.26. The predicted molar refractivity (Wildman–Crippen MR) is 69.2 cm³/mol. The molecule has 0 aromatic carbocycles. The van der Waals surface area contributed by atoms with E-state index in [0.29, 0.717) is 0 Å². The number of nitrogens with zero attached hydrogens (tertiary/aromatic N) is 7. The Bertz CT molecular complexity index is 642. The van der Waals surface area contributed by atoms with Crippen molar-refractivity contribution >= 4 is 17.9 Å². The first kappa shape index (κ1) is 15.5. The number of anilines is 1. The number of carboxylic acid groups (broad SMARTS) is 1. The topological polar surface area (TPSA) is 167 Å². The Morgan fingerprint density at radius 1 is 1.19 bits per heavy atom. The van der Waals surface area contributed by atoms with Crippen molar-refractivity contribution in [3.63, 3.8) is 0 Å². The summed E-state index contributed by atoms with van der Waals surface area (Å²) < 4.78 is 0. The highest BCUT2D eigenvalue weighted by Crippen LogP contribution is 1.93. The standard InChI is InChI=1S/C5H3N5O.C5H5N3O2/c6-10-9-5(11)4-3-7-1-2-8-4;9-5(10)8-4-6-2-1-3-7-4/h1-3H;1-3H,(H,9,10)(H,6,7,8). The molecule has 21 heavy (non-hydrogen) atoms. The number of nitrogens with one attached hydrogen (secondary N) is 1. The van der Waals surface area contributed by atoms with Crippen LogP contribution in [0.2, 0.25) is 0 Å². The van der Waals surface area contributed by atoms with Gasteiger partial charge in [0.25, 0.3) is 5.91 Å². The van der Waals surface area contributed by atoms with Gasteiger partial charge in [0.15, 0.2) is 0 Å². The molecule has 106 valence electrons. The summed E-state index contributed by atoms with van der Waals surface area (Å²) in [6.07, 6.45) is 5.76. The van der Waals surface area contributed by atoms with Crippen LogP contribution in [0.25, 0.3) is 10.4 Å². The summed E-state index contributed by atoms with van der Waals surface area (Å²) in [6, 6.07) is 1.60. The van der Waals surface area contributed by atoms with Gasteiger partial charge in [0, 0.05) is 29.7 Å². The van der Waals surface area contributed by atoms with Gasteiger partial charge in [0.2, 0.25) is 5.95 Å². The molecule has 0 bridgehead atoms. The number of azide groups is 1. The maximum Gasteiger partial charge on any atom is 0.411 e. The molecule has 2 heterocycles. The second-order valence-corrected chi connectivity index (χ2v) is 3.09. The van der Waals surface area contributed by atoms with Gasteiger partial charge in [0.05, 0.1) is 6.20 Å². The maximum atomic E-state index is 10.7. The average Bonchev–Trinajstić information content (AvgIpc) is 2.49. The minimum atomic E-state index is -1.16. The Hall–Kier alpha value is -3.59. The zero-order valence-electron chi connectivity index (χ0n) is 10.4. The lowest BCUT2D eigenvalue weighted by atomic mass is 10.4. The van der Waals surface area contributed by atoms with Crippen molar-refractivity contribution in [3.8, 4) is 0 Å². The minimum Gasteiger partial charge on any atom is -0.465 e. The molecule has 0 unspecified atom stereocenters. The Morgan fingerprint density at radius 3 is 2.43 bits per heavy atom. The quantitative estimate of drug-likeness (QED) is 0.479. The van der Waals surface area contributed by atoms with Gasteiger partial charge in [-0.2, -0.15) is 0 Å². The Morgan fingerprint density at radius 2 is 1.90 bits per heavy atom. The van der Waals surface area contributed by atoms with Crippen LogP contribution < -0.4 is 5.32 Å². The molecule has 2 amide bonds. The highest BCUT2D eigenvalue weighted by Gasteiger charge is 2.01. The Labute approximate surface area is 117 Å². The predicted octanol–water partition coefficient (Wildman–Crippen LogP) is 1.49. The van der Waals surface area contributed by atoms with Crippen LogP contribution in [0.1, 0.15) is 10.5 Å². The van der Waals surface area contributed by atoms with Crippen molar-refractivity contribution in [2.24, 2.45) is 5.11 Å². The molecule has 2 aromatic heterocycles. The maximum absolute atomic E-state index is 10.7. The molecule has 0 radical (unpaired) electrons. The highest BCUT2D eigenvalue weighted by molar-refractivity contribution is 5.92. The van der Waals surface area contributed by atoms with Crippen LogP contribution in [0.5, 0.6) is 0 Å². The molecular formula is C10H8N8O3. The summed E-state index contributed by atoms with van der Waals surface area (Å²) in [6.45, 7) is 0. The van der Waals surface area contributed by atoms with E-state index in [4.69, 9.17) is 10.6 Å². The van der Waals surface area contributed by atoms with Crippen LogP contribution in [0.3, 0.4) is 0 Å². The molecule has 0 aliphatic heterocycles. The van der Waals surface area contributed by atoms with Crippen molar-refractivity contribution < 1.29 is 14.7 Å². The van der Waals surface area contributed by atoms with E-state index in [0.717, 1.165) is 0 Å². The van der Waals surface area contributed by atoms with Gasteiger partial charge in [-0.25, -0.2) is 19.7 Å². The van der Waals surface area contributed by atoms with Crippen molar-refractivity contribution in [3.05, 3.63) is 53.2 Å². The number of hydrogen-bond acceptors (Lipinski definition) is 6. The van der Waals surface area contributed by atoms with Crippen LogP contribution in [-0.2, 0) is 0 Å². The average molecular weight is 288 g/mol. The van der Waals surface area contributed by atoms with E-state index >= 15 is 0 Å². The smallest absolute Gasteiger partial charge is 0.411 e. The lowest BCUT2D eigenvalue weighted by Gasteiger charge is -1.94. The molecular weight excluding hydrogens is 280 g/mol. The fraction of sp³-hybridized carbons (Fsp3) is 0. The van der Waals surface area contributed by atoms with E-state index in [-0.39, 0.29) is 11.6 Å². The first-order valence-corrected chi connectivity index (χ1v) is 5.26. The van der Waals surface area contributed by atoms with Gasteiger partial charge in [-0.3, -0.25) is 15.1 Å². The van der Waals surface area contributed by atoms with Crippen LogP contribution in [-0.4, -0.2) is 37.0 Å². The van der Waals surface area contributed by atoms with E-state index in [9.17, 15) is 9.59 Å².